The zero-order valence-electron chi connectivity index (χ0n) is 14.8. The van der Waals surface area contributed by atoms with Crippen LogP contribution in [0.4, 0.5) is 0 Å². The van der Waals surface area contributed by atoms with Gasteiger partial charge in [0, 0.05) is 22.7 Å². The third-order valence-electron chi connectivity index (χ3n) is 4.40. The van der Waals surface area contributed by atoms with Crippen molar-refractivity contribution in [3.63, 3.8) is 0 Å². The minimum Gasteiger partial charge on any atom is -0.489 e. The molecular formula is C24H19NO2. The molecule has 1 heterocycles. The van der Waals surface area contributed by atoms with Crippen LogP contribution in [0.15, 0.2) is 91.1 Å². The summed E-state index contributed by atoms with van der Waals surface area (Å²) in [7, 11) is 0. The van der Waals surface area contributed by atoms with Gasteiger partial charge in [-0.1, -0.05) is 60.7 Å². The summed E-state index contributed by atoms with van der Waals surface area (Å²) in [6, 6.07) is 25.3. The van der Waals surface area contributed by atoms with Crippen LogP contribution in [-0.2, 0) is 6.61 Å². The fraction of sp³-hybridized carbons (Fsp3) is 0.0417. The average Bonchev–Trinajstić information content (AvgIpc) is 3.15. The molecule has 1 aromatic heterocycles. The number of allylic oxidation sites excluding steroid dienone is 1. The molecule has 0 spiro atoms. The number of ether oxygens (including phenoxy) is 1. The molecule has 0 aliphatic carbocycles. The largest absolute Gasteiger partial charge is 0.489 e. The molecular weight excluding hydrogens is 334 g/mol. The summed E-state index contributed by atoms with van der Waals surface area (Å²) >= 11 is 0. The molecule has 0 bridgehead atoms. The Balaban J connectivity index is 1.47. The molecule has 0 atom stereocenters. The van der Waals surface area contributed by atoms with Gasteiger partial charge in [-0.3, -0.25) is 4.79 Å². The van der Waals surface area contributed by atoms with E-state index in [4.69, 9.17) is 4.74 Å². The van der Waals surface area contributed by atoms with Gasteiger partial charge in [-0.2, -0.15) is 0 Å². The Kier molecular flexibility index (Phi) is 4.84. The Bertz CT molecular complexity index is 1090. The fourth-order valence-electron chi connectivity index (χ4n) is 2.97. The highest BCUT2D eigenvalue weighted by atomic mass is 16.5. The maximum atomic E-state index is 12.5. The lowest BCUT2D eigenvalue weighted by molar-refractivity contribution is 0.104. The van der Waals surface area contributed by atoms with Gasteiger partial charge in [0.05, 0.1) is 0 Å². The van der Waals surface area contributed by atoms with Crippen LogP contribution in [0.3, 0.4) is 0 Å². The Morgan fingerprint density at radius 1 is 0.926 bits per heavy atom. The second-order valence-electron chi connectivity index (χ2n) is 6.29. The van der Waals surface area contributed by atoms with E-state index in [-0.39, 0.29) is 5.78 Å². The van der Waals surface area contributed by atoms with E-state index >= 15 is 0 Å². The third-order valence-corrected chi connectivity index (χ3v) is 4.40. The summed E-state index contributed by atoms with van der Waals surface area (Å²) in [5, 5.41) is 1.10. The molecule has 27 heavy (non-hydrogen) atoms. The maximum Gasteiger partial charge on any atom is 0.185 e. The van der Waals surface area contributed by atoms with Gasteiger partial charge in [0.25, 0.3) is 0 Å². The summed E-state index contributed by atoms with van der Waals surface area (Å²) < 4.78 is 5.81. The number of benzene rings is 3. The lowest BCUT2D eigenvalue weighted by Crippen LogP contribution is -1.98. The Morgan fingerprint density at radius 3 is 2.63 bits per heavy atom. The number of aromatic nitrogens is 1. The number of aromatic amines is 1. The van der Waals surface area contributed by atoms with Crippen molar-refractivity contribution in [2.75, 3.05) is 0 Å². The highest BCUT2D eigenvalue weighted by Crippen LogP contribution is 2.20. The van der Waals surface area contributed by atoms with E-state index in [0.29, 0.717) is 17.9 Å². The predicted molar refractivity (Wildman–Crippen MR) is 109 cm³/mol. The molecule has 0 aliphatic rings. The number of ketones is 1. The van der Waals surface area contributed by atoms with Crippen molar-refractivity contribution < 1.29 is 9.53 Å². The standard InChI is InChI=1S/C24H19NO2/c26-24(14-13-20-16-25-23-12-5-4-11-22(20)23)19-9-6-10-21(15-19)27-17-18-7-2-1-3-8-18/h1-16,25H,17H2/b14-13+. The molecule has 1 N–H and O–H groups in total. The number of hydrogen-bond donors (Lipinski definition) is 1. The molecule has 0 fully saturated rings. The number of fused-ring (bicyclic) bond motifs is 1. The van der Waals surface area contributed by atoms with Crippen LogP contribution >= 0.6 is 0 Å². The van der Waals surface area contributed by atoms with Gasteiger partial charge in [-0.25, -0.2) is 0 Å². The molecule has 0 saturated heterocycles. The highest BCUT2D eigenvalue weighted by Gasteiger charge is 2.05. The van der Waals surface area contributed by atoms with E-state index in [0.717, 1.165) is 22.0 Å². The molecule has 3 aromatic carbocycles. The lowest BCUT2D eigenvalue weighted by Gasteiger charge is -2.07. The summed E-state index contributed by atoms with van der Waals surface area (Å²) in [4.78, 5) is 15.8. The molecule has 3 heteroatoms. The first-order chi connectivity index (χ1) is 13.3. The van der Waals surface area contributed by atoms with E-state index in [1.54, 1.807) is 18.2 Å². The van der Waals surface area contributed by atoms with E-state index in [1.165, 1.54) is 0 Å². The summed E-state index contributed by atoms with van der Waals surface area (Å²) in [5.41, 5.74) is 3.75. The first-order valence-electron chi connectivity index (χ1n) is 8.85. The number of carbonyl (C=O) groups is 1. The number of rotatable bonds is 6. The SMILES string of the molecule is O=C(/C=C/c1c[nH]c2ccccc12)c1cccc(OCc2ccccc2)c1. The predicted octanol–water partition coefficient (Wildman–Crippen LogP) is 5.64. The van der Waals surface area contributed by atoms with Crippen LogP contribution in [0.1, 0.15) is 21.5 Å². The molecule has 0 saturated carbocycles. The molecule has 4 rings (SSSR count). The second kappa shape index (κ2) is 7.75. The van der Waals surface area contributed by atoms with Crippen molar-refractivity contribution in [1.29, 1.82) is 0 Å². The first kappa shape index (κ1) is 16.9. The van der Waals surface area contributed by atoms with Crippen molar-refractivity contribution >= 4 is 22.8 Å². The summed E-state index contributed by atoms with van der Waals surface area (Å²) in [6.07, 6.45) is 5.36. The molecule has 3 nitrogen and oxygen atoms in total. The topological polar surface area (TPSA) is 42.1 Å². The summed E-state index contributed by atoms with van der Waals surface area (Å²) in [6.45, 7) is 0.476. The lowest BCUT2D eigenvalue weighted by atomic mass is 10.1. The molecule has 4 aromatic rings. The Labute approximate surface area is 157 Å². The summed E-state index contributed by atoms with van der Waals surface area (Å²) in [5.74, 6) is 0.635. The zero-order chi connectivity index (χ0) is 18.5. The minimum atomic E-state index is -0.0505. The van der Waals surface area contributed by atoms with Crippen LogP contribution in [0.2, 0.25) is 0 Å². The zero-order valence-corrected chi connectivity index (χ0v) is 14.8. The fourth-order valence-corrected chi connectivity index (χ4v) is 2.97. The van der Waals surface area contributed by atoms with Crippen molar-refractivity contribution in [2.45, 2.75) is 6.61 Å². The molecule has 0 unspecified atom stereocenters. The average molecular weight is 353 g/mol. The first-order valence-corrected chi connectivity index (χ1v) is 8.85. The molecule has 0 amide bonds. The van der Waals surface area contributed by atoms with Crippen molar-refractivity contribution in [2.24, 2.45) is 0 Å². The van der Waals surface area contributed by atoms with Crippen LogP contribution in [0.5, 0.6) is 5.75 Å². The van der Waals surface area contributed by atoms with Gasteiger partial charge in [-0.05, 0) is 41.5 Å². The van der Waals surface area contributed by atoms with Crippen LogP contribution in [0.25, 0.3) is 17.0 Å². The monoisotopic (exact) mass is 353 g/mol. The number of para-hydroxylation sites is 1. The Hall–Kier alpha value is -3.59. The molecule has 0 aliphatic heterocycles. The Morgan fingerprint density at radius 2 is 1.74 bits per heavy atom. The third kappa shape index (κ3) is 3.98. The number of carbonyl (C=O) groups excluding carboxylic acids is 1. The van der Waals surface area contributed by atoms with Crippen molar-refractivity contribution in [3.05, 3.63) is 108 Å². The maximum absolute atomic E-state index is 12.5. The van der Waals surface area contributed by atoms with Gasteiger partial charge >= 0.3 is 0 Å². The number of H-pyrrole nitrogens is 1. The highest BCUT2D eigenvalue weighted by molar-refractivity contribution is 6.08. The van der Waals surface area contributed by atoms with Crippen molar-refractivity contribution in [1.82, 2.24) is 4.98 Å². The van der Waals surface area contributed by atoms with Crippen LogP contribution < -0.4 is 4.74 Å². The van der Waals surface area contributed by atoms with Gasteiger partial charge in [-0.15, -0.1) is 0 Å². The van der Waals surface area contributed by atoms with Crippen molar-refractivity contribution in [3.8, 4) is 5.75 Å². The quantitative estimate of drug-likeness (QED) is 0.360. The van der Waals surface area contributed by atoms with E-state index < -0.39 is 0 Å². The second-order valence-corrected chi connectivity index (χ2v) is 6.29. The van der Waals surface area contributed by atoms with Gasteiger partial charge < -0.3 is 9.72 Å². The molecule has 0 radical (unpaired) electrons. The van der Waals surface area contributed by atoms with E-state index in [1.807, 2.05) is 79.0 Å². The van der Waals surface area contributed by atoms with E-state index in [9.17, 15) is 4.79 Å². The van der Waals surface area contributed by atoms with Gasteiger partial charge in [0.15, 0.2) is 5.78 Å². The minimum absolute atomic E-state index is 0.0505. The van der Waals surface area contributed by atoms with Crippen LogP contribution in [-0.4, -0.2) is 10.8 Å². The number of hydrogen-bond acceptors (Lipinski definition) is 2. The van der Waals surface area contributed by atoms with Gasteiger partial charge in [0.2, 0.25) is 0 Å². The molecule has 132 valence electrons. The van der Waals surface area contributed by atoms with E-state index in [2.05, 4.69) is 4.98 Å². The smallest absolute Gasteiger partial charge is 0.185 e. The van der Waals surface area contributed by atoms with Gasteiger partial charge in [0.1, 0.15) is 12.4 Å². The normalized spacial score (nSPS) is 11.1. The number of nitrogens with one attached hydrogen (secondary N) is 1. The van der Waals surface area contributed by atoms with Crippen LogP contribution in [0, 0.1) is 0 Å².